The third-order valence-corrected chi connectivity index (χ3v) is 3.25. The maximum atomic E-state index is 5.15. The normalized spacial score (nSPS) is 10.4. The smallest absolute Gasteiger partial charge is 0.119 e. The van der Waals surface area contributed by atoms with Crippen LogP contribution in [0.15, 0.2) is 60.8 Å². The Labute approximate surface area is 118 Å². The fourth-order valence-corrected chi connectivity index (χ4v) is 2.15. The Morgan fingerprint density at radius 2 is 1.90 bits per heavy atom. The number of pyridine rings is 1. The first-order valence-electron chi connectivity index (χ1n) is 6.57. The van der Waals surface area contributed by atoms with Gasteiger partial charge in [-0.1, -0.05) is 12.1 Å². The zero-order chi connectivity index (χ0) is 13.8. The maximum Gasteiger partial charge on any atom is 0.119 e. The summed E-state index contributed by atoms with van der Waals surface area (Å²) in [6.07, 6.45) is 1.82. The molecular formula is C17H16N2O. The predicted octanol–water partition coefficient (Wildman–Crippen LogP) is 3.86. The first-order chi connectivity index (χ1) is 9.85. The van der Waals surface area contributed by atoms with Gasteiger partial charge in [-0.2, -0.15) is 0 Å². The molecule has 0 saturated carbocycles. The molecule has 0 aliphatic heterocycles. The molecule has 0 bridgehead atoms. The average molecular weight is 264 g/mol. The van der Waals surface area contributed by atoms with E-state index in [1.807, 2.05) is 36.5 Å². The Morgan fingerprint density at radius 3 is 2.70 bits per heavy atom. The number of ether oxygens (including phenoxy) is 1. The van der Waals surface area contributed by atoms with Crippen molar-refractivity contribution in [1.29, 1.82) is 0 Å². The Kier molecular flexibility index (Phi) is 3.50. The molecule has 0 fully saturated rings. The van der Waals surface area contributed by atoms with E-state index in [2.05, 4.69) is 34.6 Å². The number of anilines is 1. The molecule has 1 N–H and O–H groups in total. The van der Waals surface area contributed by atoms with Crippen LogP contribution >= 0.6 is 0 Å². The minimum atomic E-state index is 0.789. The van der Waals surface area contributed by atoms with Crippen molar-refractivity contribution in [3.63, 3.8) is 0 Å². The van der Waals surface area contributed by atoms with Gasteiger partial charge >= 0.3 is 0 Å². The molecule has 0 aliphatic rings. The molecule has 3 heteroatoms. The van der Waals surface area contributed by atoms with Gasteiger partial charge in [-0.3, -0.25) is 4.98 Å². The molecule has 0 radical (unpaired) electrons. The van der Waals surface area contributed by atoms with E-state index in [-0.39, 0.29) is 0 Å². The van der Waals surface area contributed by atoms with Gasteiger partial charge < -0.3 is 10.1 Å². The molecule has 2 aromatic carbocycles. The van der Waals surface area contributed by atoms with Gasteiger partial charge in [0.1, 0.15) is 5.75 Å². The van der Waals surface area contributed by atoms with E-state index in [1.165, 1.54) is 10.9 Å². The lowest BCUT2D eigenvalue weighted by Gasteiger charge is -2.08. The second kappa shape index (κ2) is 5.61. The van der Waals surface area contributed by atoms with Crippen LogP contribution in [0.25, 0.3) is 10.9 Å². The molecule has 100 valence electrons. The van der Waals surface area contributed by atoms with Crippen LogP contribution in [0.5, 0.6) is 5.75 Å². The molecule has 0 unspecified atom stereocenters. The number of methoxy groups -OCH3 is 1. The van der Waals surface area contributed by atoms with Crippen LogP contribution in [0.1, 0.15) is 5.56 Å². The van der Waals surface area contributed by atoms with Gasteiger partial charge in [-0.05, 0) is 48.0 Å². The highest BCUT2D eigenvalue weighted by atomic mass is 16.5. The second-order valence-corrected chi connectivity index (χ2v) is 4.61. The molecule has 0 spiro atoms. The zero-order valence-corrected chi connectivity index (χ0v) is 11.3. The van der Waals surface area contributed by atoms with Crippen LogP contribution in [-0.4, -0.2) is 12.1 Å². The maximum absolute atomic E-state index is 5.15. The van der Waals surface area contributed by atoms with E-state index in [0.717, 1.165) is 23.5 Å². The average Bonchev–Trinajstić information content (AvgIpc) is 2.53. The molecule has 0 atom stereocenters. The summed E-state index contributed by atoms with van der Waals surface area (Å²) >= 11 is 0. The standard InChI is InChI=1S/C17H16N2O/c1-20-16-7-5-15(6-8-16)19-12-13-4-9-17-14(11-13)3-2-10-18-17/h2-11,19H,12H2,1H3. The van der Waals surface area contributed by atoms with Gasteiger partial charge in [-0.15, -0.1) is 0 Å². The van der Waals surface area contributed by atoms with Crippen molar-refractivity contribution < 1.29 is 4.74 Å². The summed E-state index contributed by atoms with van der Waals surface area (Å²) in [5.74, 6) is 0.868. The van der Waals surface area contributed by atoms with Crippen molar-refractivity contribution in [2.75, 3.05) is 12.4 Å². The fourth-order valence-electron chi connectivity index (χ4n) is 2.15. The molecule has 0 aliphatic carbocycles. The molecule has 20 heavy (non-hydrogen) atoms. The number of rotatable bonds is 4. The van der Waals surface area contributed by atoms with E-state index in [4.69, 9.17) is 4.74 Å². The highest BCUT2D eigenvalue weighted by Gasteiger charge is 1.98. The highest BCUT2D eigenvalue weighted by Crippen LogP contribution is 2.17. The van der Waals surface area contributed by atoms with Gasteiger partial charge in [0.2, 0.25) is 0 Å². The number of hydrogen-bond acceptors (Lipinski definition) is 3. The summed E-state index contributed by atoms with van der Waals surface area (Å²) in [6, 6.07) is 18.3. The first-order valence-corrected chi connectivity index (χ1v) is 6.57. The van der Waals surface area contributed by atoms with E-state index >= 15 is 0 Å². The van der Waals surface area contributed by atoms with Crippen molar-refractivity contribution >= 4 is 16.6 Å². The highest BCUT2D eigenvalue weighted by molar-refractivity contribution is 5.78. The van der Waals surface area contributed by atoms with Crippen molar-refractivity contribution in [3.8, 4) is 5.75 Å². The number of nitrogens with one attached hydrogen (secondary N) is 1. The number of benzene rings is 2. The molecular weight excluding hydrogens is 248 g/mol. The molecule has 0 amide bonds. The molecule has 3 nitrogen and oxygen atoms in total. The van der Waals surface area contributed by atoms with Gasteiger partial charge in [0.25, 0.3) is 0 Å². The summed E-state index contributed by atoms with van der Waals surface area (Å²) in [7, 11) is 1.67. The van der Waals surface area contributed by atoms with Crippen molar-refractivity contribution in [3.05, 3.63) is 66.4 Å². The van der Waals surface area contributed by atoms with Gasteiger partial charge in [0.05, 0.1) is 12.6 Å². The number of hydrogen-bond donors (Lipinski definition) is 1. The van der Waals surface area contributed by atoms with Crippen LogP contribution in [0.4, 0.5) is 5.69 Å². The lowest BCUT2D eigenvalue weighted by atomic mass is 10.1. The number of nitrogens with zero attached hydrogens (tertiary/aromatic N) is 1. The third-order valence-electron chi connectivity index (χ3n) is 3.25. The monoisotopic (exact) mass is 264 g/mol. The SMILES string of the molecule is COc1ccc(NCc2ccc3ncccc3c2)cc1. The van der Waals surface area contributed by atoms with Crippen molar-refractivity contribution in [2.45, 2.75) is 6.54 Å². The molecule has 0 saturated heterocycles. The molecule has 3 rings (SSSR count). The van der Waals surface area contributed by atoms with Crippen molar-refractivity contribution in [1.82, 2.24) is 4.98 Å². The third kappa shape index (κ3) is 2.72. The molecule has 1 heterocycles. The minimum absolute atomic E-state index is 0.789. The van der Waals surface area contributed by atoms with E-state index in [0.29, 0.717) is 0 Å². The second-order valence-electron chi connectivity index (χ2n) is 4.61. The Balaban J connectivity index is 1.72. The fraction of sp³-hybridized carbons (Fsp3) is 0.118. The largest absolute Gasteiger partial charge is 0.497 e. The summed E-state index contributed by atoms with van der Waals surface area (Å²) in [4.78, 5) is 4.33. The Hall–Kier alpha value is -2.55. The van der Waals surface area contributed by atoms with E-state index in [1.54, 1.807) is 7.11 Å². The summed E-state index contributed by atoms with van der Waals surface area (Å²) in [5, 5.41) is 4.57. The first kappa shape index (κ1) is 12.5. The summed E-state index contributed by atoms with van der Waals surface area (Å²) in [6.45, 7) is 0.789. The quantitative estimate of drug-likeness (QED) is 0.777. The lowest BCUT2D eigenvalue weighted by Crippen LogP contribution is -1.99. The van der Waals surface area contributed by atoms with E-state index in [9.17, 15) is 0 Å². The lowest BCUT2D eigenvalue weighted by molar-refractivity contribution is 0.415. The number of aromatic nitrogens is 1. The summed E-state index contributed by atoms with van der Waals surface area (Å²) < 4.78 is 5.15. The number of fused-ring (bicyclic) bond motifs is 1. The van der Waals surface area contributed by atoms with Crippen LogP contribution in [0.3, 0.4) is 0 Å². The minimum Gasteiger partial charge on any atom is -0.497 e. The zero-order valence-electron chi connectivity index (χ0n) is 11.3. The predicted molar refractivity (Wildman–Crippen MR) is 82.1 cm³/mol. The van der Waals surface area contributed by atoms with Crippen LogP contribution < -0.4 is 10.1 Å². The van der Waals surface area contributed by atoms with Crippen molar-refractivity contribution in [2.24, 2.45) is 0 Å². The van der Waals surface area contributed by atoms with Gasteiger partial charge in [0, 0.05) is 23.8 Å². The van der Waals surface area contributed by atoms with Crippen LogP contribution in [0, 0.1) is 0 Å². The van der Waals surface area contributed by atoms with E-state index < -0.39 is 0 Å². The van der Waals surface area contributed by atoms with Crippen LogP contribution in [-0.2, 0) is 6.54 Å². The van der Waals surface area contributed by atoms with Gasteiger partial charge in [0.15, 0.2) is 0 Å². The Bertz CT molecular complexity index is 708. The Morgan fingerprint density at radius 1 is 1.05 bits per heavy atom. The topological polar surface area (TPSA) is 34.1 Å². The molecule has 1 aromatic heterocycles. The molecule has 3 aromatic rings. The summed E-state index contributed by atoms with van der Waals surface area (Å²) in [5.41, 5.74) is 3.35. The van der Waals surface area contributed by atoms with Crippen LogP contribution in [0.2, 0.25) is 0 Å². The van der Waals surface area contributed by atoms with Gasteiger partial charge in [-0.25, -0.2) is 0 Å².